The van der Waals surface area contributed by atoms with E-state index in [1.807, 2.05) is 0 Å². The fourth-order valence-corrected chi connectivity index (χ4v) is 2.16. The maximum Gasteiger partial charge on any atom is 0.0686 e. The molecule has 1 nitrogen and oxygen atoms in total. The molecule has 78 valence electrons. The average molecular weight is 191 g/mol. The molecular formula is C13H21N. The van der Waals surface area contributed by atoms with Crippen LogP contribution in [0, 0.1) is 29.1 Å². The van der Waals surface area contributed by atoms with Gasteiger partial charge in [-0.25, -0.2) is 0 Å². The van der Waals surface area contributed by atoms with Gasteiger partial charge in [0, 0.05) is 18.5 Å². The van der Waals surface area contributed by atoms with Crippen molar-refractivity contribution in [3.05, 3.63) is 0 Å². The third kappa shape index (κ3) is 2.30. The van der Waals surface area contributed by atoms with Gasteiger partial charge in [0.1, 0.15) is 0 Å². The summed E-state index contributed by atoms with van der Waals surface area (Å²) in [5, 5.41) is 0. The number of hydrogen-bond donors (Lipinski definition) is 0. The molecule has 1 saturated heterocycles. The minimum absolute atomic E-state index is 0.150. The van der Waals surface area contributed by atoms with Crippen LogP contribution in [0.15, 0.2) is 0 Å². The van der Waals surface area contributed by atoms with E-state index in [-0.39, 0.29) is 5.41 Å². The molecule has 0 aromatic heterocycles. The molecule has 3 atom stereocenters. The second-order valence-electron chi connectivity index (χ2n) is 5.91. The molecule has 0 radical (unpaired) electrons. The van der Waals surface area contributed by atoms with Crippen LogP contribution in [0.4, 0.5) is 0 Å². The van der Waals surface area contributed by atoms with Crippen LogP contribution in [-0.4, -0.2) is 24.0 Å². The van der Waals surface area contributed by atoms with Crippen molar-refractivity contribution in [1.29, 1.82) is 0 Å². The molecule has 2 fully saturated rings. The summed E-state index contributed by atoms with van der Waals surface area (Å²) >= 11 is 0. The third-order valence-electron chi connectivity index (χ3n) is 3.21. The summed E-state index contributed by atoms with van der Waals surface area (Å²) in [6.45, 7) is 11.4. The molecule has 0 amide bonds. The van der Waals surface area contributed by atoms with E-state index in [0.29, 0.717) is 6.04 Å². The second-order valence-corrected chi connectivity index (χ2v) is 5.91. The van der Waals surface area contributed by atoms with Crippen molar-refractivity contribution in [2.24, 2.45) is 17.3 Å². The predicted octanol–water partition coefficient (Wildman–Crippen LogP) is 2.38. The highest BCUT2D eigenvalue weighted by atomic mass is 15.2. The van der Waals surface area contributed by atoms with Crippen LogP contribution < -0.4 is 0 Å². The molecule has 0 spiro atoms. The largest absolute Gasteiger partial charge is 0.289 e. The van der Waals surface area contributed by atoms with Gasteiger partial charge in [0.25, 0.3) is 0 Å². The highest BCUT2D eigenvalue weighted by Gasteiger charge is 2.45. The number of fused-ring (bicyclic) bond motifs is 1. The number of likely N-dealkylation sites (tertiary alicyclic amines) is 1. The zero-order chi connectivity index (χ0) is 10.3. The Bertz CT molecular complexity index is 266. The highest BCUT2D eigenvalue weighted by Crippen LogP contribution is 2.45. The number of nitrogens with zero attached hydrogens (tertiary/aromatic N) is 1. The van der Waals surface area contributed by atoms with E-state index in [9.17, 15) is 0 Å². The van der Waals surface area contributed by atoms with Crippen molar-refractivity contribution >= 4 is 0 Å². The molecule has 1 aliphatic heterocycles. The minimum atomic E-state index is 0.150. The van der Waals surface area contributed by atoms with Gasteiger partial charge in [-0.3, -0.25) is 4.90 Å². The lowest BCUT2D eigenvalue weighted by atomic mass is 9.97. The highest BCUT2D eigenvalue weighted by molar-refractivity contribution is 5.14. The van der Waals surface area contributed by atoms with Crippen LogP contribution in [0.25, 0.3) is 0 Å². The van der Waals surface area contributed by atoms with E-state index in [0.717, 1.165) is 11.8 Å². The van der Waals surface area contributed by atoms with Gasteiger partial charge in [-0.05, 0) is 46.0 Å². The van der Waals surface area contributed by atoms with E-state index in [1.54, 1.807) is 0 Å². The number of rotatable bonds is 1. The summed E-state index contributed by atoms with van der Waals surface area (Å²) in [4.78, 5) is 2.54. The first-order valence-corrected chi connectivity index (χ1v) is 5.72. The van der Waals surface area contributed by atoms with Crippen molar-refractivity contribution in [3.63, 3.8) is 0 Å². The zero-order valence-electron chi connectivity index (χ0n) is 9.80. The summed E-state index contributed by atoms with van der Waals surface area (Å²) in [6, 6.07) is 0.460. The Hall–Kier alpha value is -0.480. The summed E-state index contributed by atoms with van der Waals surface area (Å²) < 4.78 is 0. The van der Waals surface area contributed by atoms with Crippen molar-refractivity contribution in [1.82, 2.24) is 4.90 Å². The van der Waals surface area contributed by atoms with E-state index < -0.39 is 0 Å². The quantitative estimate of drug-likeness (QED) is 0.575. The molecule has 0 aromatic rings. The molecule has 1 saturated carbocycles. The first kappa shape index (κ1) is 10.1. The molecule has 2 unspecified atom stereocenters. The number of hydrogen-bond acceptors (Lipinski definition) is 1. The summed E-state index contributed by atoms with van der Waals surface area (Å²) in [5.74, 6) is 8.76. The Kier molecular flexibility index (Phi) is 2.35. The normalized spacial score (nSPS) is 33.1. The maximum absolute atomic E-state index is 3.38. The standard InChI is InChI=1S/C13H21N/c1-10(5-6-13(2,3)4)14-8-11-7-12(11)9-14/h10-12H,7-9H2,1-4H3/t10-,11?,12?/m1/s1. The Balaban J connectivity index is 1.88. The van der Waals surface area contributed by atoms with Gasteiger partial charge in [-0.1, -0.05) is 11.8 Å². The molecule has 14 heavy (non-hydrogen) atoms. The second kappa shape index (κ2) is 3.28. The Morgan fingerprint density at radius 1 is 1.21 bits per heavy atom. The fraction of sp³-hybridized carbons (Fsp3) is 0.846. The van der Waals surface area contributed by atoms with E-state index >= 15 is 0 Å². The molecule has 0 aromatic carbocycles. The van der Waals surface area contributed by atoms with Crippen LogP contribution in [0.1, 0.15) is 34.1 Å². The molecule has 1 heteroatoms. The van der Waals surface area contributed by atoms with Crippen LogP contribution in [0.5, 0.6) is 0 Å². The smallest absolute Gasteiger partial charge is 0.0686 e. The Morgan fingerprint density at radius 2 is 1.79 bits per heavy atom. The Morgan fingerprint density at radius 3 is 2.29 bits per heavy atom. The van der Waals surface area contributed by atoms with Gasteiger partial charge in [0.15, 0.2) is 0 Å². The van der Waals surface area contributed by atoms with Gasteiger partial charge in [0.2, 0.25) is 0 Å². The monoisotopic (exact) mass is 191 g/mol. The van der Waals surface area contributed by atoms with Crippen molar-refractivity contribution < 1.29 is 0 Å². The molecule has 1 heterocycles. The van der Waals surface area contributed by atoms with Gasteiger partial charge < -0.3 is 0 Å². The van der Waals surface area contributed by atoms with Crippen molar-refractivity contribution in [2.75, 3.05) is 13.1 Å². The molecule has 1 aliphatic carbocycles. The molecule has 0 N–H and O–H groups in total. The summed E-state index contributed by atoms with van der Waals surface area (Å²) in [6.07, 6.45) is 1.48. The average Bonchev–Trinajstić information content (AvgIpc) is 2.68. The first-order chi connectivity index (χ1) is 6.46. The van der Waals surface area contributed by atoms with Gasteiger partial charge in [0.05, 0.1) is 6.04 Å². The lowest BCUT2D eigenvalue weighted by molar-refractivity contribution is 0.276. The Labute approximate surface area is 87.9 Å². The minimum Gasteiger partial charge on any atom is -0.289 e. The molecular weight excluding hydrogens is 170 g/mol. The SMILES string of the molecule is C[C@H](C#CC(C)(C)C)N1CC2CC2C1. The van der Waals surface area contributed by atoms with Crippen LogP contribution >= 0.6 is 0 Å². The third-order valence-corrected chi connectivity index (χ3v) is 3.21. The maximum atomic E-state index is 3.38. The fourth-order valence-electron chi connectivity index (χ4n) is 2.16. The summed E-state index contributed by atoms with van der Waals surface area (Å²) in [5.41, 5.74) is 0.150. The van der Waals surface area contributed by atoms with Gasteiger partial charge >= 0.3 is 0 Å². The molecule has 2 aliphatic rings. The molecule has 2 rings (SSSR count). The van der Waals surface area contributed by atoms with Crippen molar-refractivity contribution in [2.45, 2.75) is 40.2 Å². The van der Waals surface area contributed by atoms with E-state index in [2.05, 4.69) is 44.4 Å². The first-order valence-electron chi connectivity index (χ1n) is 5.72. The lowest BCUT2D eigenvalue weighted by Gasteiger charge is -2.21. The van der Waals surface area contributed by atoms with Crippen LogP contribution in [0.3, 0.4) is 0 Å². The van der Waals surface area contributed by atoms with Gasteiger partial charge in [-0.15, -0.1) is 0 Å². The van der Waals surface area contributed by atoms with E-state index in [1.165, 1.54) is 19.5 Å². The van der Waals surface area contributed by atoms with Gasteiger partial charge in [-0.2, -0.15) is 0 Å². The summed E-state index contributed by atoms with van der Waals surface area (Å²) in [7, 11) is 0. The zero-order valence-corrected chi connectivity index (χ0v) is 9.80. The number of piperidine rings is 1. The predicted molar refractivity (Wildman–Crippen MR) is 59.9 cm³/mol. The van der Waals surface area contributed by atoms with E-state index in [4.69, 9.17) is 0 Å². The van der Waals surface area contributed by atoms with Crippen LogP contribution in [0.2, 0.25) is 0 Å². The molecule has 0 bridgehead atoms. The lowest BCUT2D eigenvalue weighted by Crippen LogP contribution is -2.31. The topological polar surface area (TPSA) is 3.24 Å². The van der Waals surface area contributed by atoms with Crippen molar-refractivity contribution in [3.8, 4) is 11.8 Å². The van der Waals surface area contributed by atoms with Crippen LogP contribution in [-0.2, 0) is 0 Å².